The molecule has 1 saturated heterocycles. The van der Waals surface area contributed by atoms with Crippen LogP contribution in [0.5, 0.6) is 0 Å². The molecule has 0 aromatic heterocycles. The van der Waals surface area contributed by atoms with Crippen molar-refractivity contribution >= 4 is 18.3 Å². The summed E-state index contributed by atoms with van der Waals surface area (Å²) in [5.74, 6) is 0.751. The van der Waals surface area contributed by atoms with Crippen LogP contribution in [0.15, 0.2) is 0 Å². The second-order valence-electron chi connectivity index (χ2n) is 5.25. The lowest BCUT2D eigenvalue weighted by atomic mass is 10.3. The Morgan fingerprint density at radius 3 is 2.74 bits per heavy atom. The van der Waals surface area contributed by atoms with Crippen molar-refractivity contribution in [3.05, 3.63) is 0 Å². The van der Waals surface area contributed by atoms with E-state index in [0.717, 1.165) is 58.2 Å². The fourth-order valence-corrected chi connectivity index (χ4v) is 2.12. The molecule has 0 aromatic rings. The highest BCUT2D eigenvalue weighted by atomic mass is 35.5. The van der Waals surface area contributed by atoms with Crippen molar-refractivity contribution < 1.29 is 9.53 Å². The minimum absolute atomic E-state index is 0. The van der Waals surface area contributed by atoms with Crippen molar-refractivity contribution in [3.63, 3.8) is 0 Å². The number of nitrogens with zero attached hydrogens (tertiary/aromatic N) is 1. The SMILES string of the molecule is Cl.O=C(COCC1CC1)NCCCN1CCNCC1. The standard InChI is InChI=1S/C13H25N3O2.ClH/c17-13(11-18-10-12-2-3-12)15-4-1-7-16-8-5-14-6-9-16;/h12,14H,1-11H2,(H,15,17);1H. The van der Waals surface area contributed by atoms with Gasteiger partial charge in [0.25, 0.3) is 0 Å². The van der Waals surface area contributed by atoms with Gasteiger partial charge in [-0.15, -0.1) is 12.4 Å². The maximum absolute atomic E-state index is 11.4. The predicted molar refractivity (Wildman–Crippen MR) is 77.7 cm³/mol. The number of ether oxygens (including phenoxy) is 1. The molecule has 1 saturated carbocycles. The van der Waals surface area contributed by atoms with Crippen LogP contribution in [0, 0.1) is 5.92 Å². The van der Waals surface area contributed by atoms with Gasteiger partial charge in [0, 0.05) is 32.7 Å². The molecule has 0 atom stereocenters. The van der Waals surface area contributed by atoms with Crippen molar-refractivity contribution in [2.45, 2.75) is 19.3 Å². The van der Waals surface area contributed by atoms with Crippen LogP contribution in [0.2, 0.25) is 0 Å². The Labute approximate surface area is 121 Å². The fraction of sp³-hybridized carbons (Fsp3) is 0.923. The summed E-state index contributed by atoms with van der Waals surface area (Å²) < 4.78 is 5.34. The highest BCUT2D eigenvalue weighted by molar-refractivity contribution is 5.85. The molecule has 0 unspecified atom stereocenters. The van der Waals surface area contributed by atoms with E-state index in [2.05, 4.69) is 15.5 Å². The molecule has 2 rings (SSSR count). The number of piperazine rings is 1. The molecule has 1 heterocycles. The quantitative estimate of drug-likeness (QED) is 0.630. The summed E-state index contributed by atoms with van der Waals surface area (Å²) in [6.07, 6.45) is 3.56. The lowest BCUT2D eigenvalue weighted by Gasteiger charge is -2.27. The highest BCUT2D eigenvalue weighted by Gasteiger charge is 2.21. The number of hydrogen-bond acceptors (Lipinski definition) is 4. The van der Waals surface area contributed by atoms with Crippen LogP contribution in [-0.2, 0) is 9.53 Å². The lowest BCUT2D eigenvalue weighted by molar-refractivity contribution is -0.125. The third-order valence-electron chi connectivity index (χ3n) is 3.47. The van der Waals surface area contributed by atoms with E-state index >= 15 is 0 Å². The molecule has 0 radical (unpaired) electrons. The largest absolute Gasteiger partial charge is 0.371 e. The molecular formula is C13H26ClN3O2. The maximum atomic E-state index is 11.4. The van der Waals surface area contributed by atoms with E-state index in [4.69, 9.17) is 4.74 Å². The Morgan fingerprint density at radius 1 is 1.32 bits per heavy atom. The molecule has 6 heteroatoms. The molecule has 2 aliphatic rings. The van der Waals surface area contributed by atoms with Gasteiger partial charge >= 0.3 is 0 Å². The minimum atomic E-state index is 0. The van der Waals surface area contributed by atoms with E-state index in [-0.39, 0.29) is 24.9 Å². The van der Waals surface area contributed by atoms with Crippen LogP contribution in [0.3, 0.4) is 0 Å². The lowest BCUT2D eigenvalue weighted by Crippen LogP contribution is -2.44. The molecule has 1 amide bonds. The number of hydrogen-bond donors (Lipinski definition) is 2. The number of rotatable bonds is 8. The Bertz CT molecular complexity index is 256. The van der Waals surface area contributed by atoms with E-state index in [1.54, 1.807) is 0 Å². The zero-order chi connectivity index (χ0) is 12.6. The van der Waals surface area contributed by atoms with E-state index < -0.39 is 0 Å². The number of amides is 1. The summed E-state index contributed by atoms with van der Waals surface area (Å²) in [5.41, 5.74) is 0. The van der Waals surface area contributed by atoms with Crippen molar-refractivity contribution in [2.75, 3.05) is 52.5 Å². The predicted octanol–water partition coefficient (Wildman–Crippen LogP) is 0.246. The normalized spacial score (nSPS) is 19.8. The summed E-state index contributed by atoms with van der Waals surface area (Å²) in [4.78, 5) is 13.9. The molecule has 2 N–H and O–H groups in total. The van der Waals surface area contributed by atoms with Gasteiger partial charge in [0.1, 0.15) is 6.61 Å². The Hall–Kier alpha value is -0.360. The number of carbonyl (C=O) groups is 1. The summed E-state index contributed by atoms with van der Waals surface area (Å²) in [5, 5.41) is 6.24. The van der Waals surface area contributed by atoms with Crippen molar-refractivity contribution in [1.29, 1.82) is 0 Å². The fourth-order valence-electron chi connectivity index (χ4n) is 2.12. The van der Waals surface area contributed by atoms with Crippen LogP contribution in [0.4, 0.5) is 0 Å². The first kappa shape index (κ1) is 16.7. The Kier molecular flexibility index (Phi) is 8.37. The first-order valence-electron chi connectivity index (χ1n) is 7.12. The maximum Gasteiger partial charge on any atom is 0.245 e. The van der Waals surface area contributed by atoms with E-state index in [1.807, 2.05) is 0 Å². The molecule has 1 aliphatic carbocycles. The molecule has 19 heavy (non-hydrogen) atoms. The zero-order valence-electron chi connectivity index (χ0n) is 11.5. The van der Waals surface area contributed by atoms with Gasteiger partial charge in [-0.3, -0.25) is 4.79 Å². The topological polar surface area (TPSA) is 53.6 Å². The first-order chi connectivity index (χ1) is 8.84. The third kappa shape index (κ3) is 7.72. The molecule has 5 nitrogen and oxygen atoms in total. The summed E-state index contributed by atoms with van der Waals surface area (Å²) in [7, 11) is 0. The van der Waals surface area contributed by atoms with Crippen LogP contribution in [-0.4, -0.2) is 63.3 Å². The van der Waals surface area contributed by atoms with Crippen LogP contribution in [0.25, 0.3) is 0 Å². The Balaban J connectivity index is 0.00000180. The van der Waals surface area contributed by atoms with Crippen molar-refractivity contribution in [1.82, 2.24) is 15.5 Å². The van der Waals surface area contributed by atoms with Crippen LogP contribution >= 0.6 is 12.4 Å². The smallest absolute Gasteiger partial charge is 0.245 e. The van der Waals surface area contributed by atoms with Gasteiger partial charge in [0.05, 0.1) is 6.61 Å². The van der Waals surface area contributed by atoms with Crippen LogP contribution in [0.1, 0.15) is 19.3 Å². The van der Waals surface area contributed by atoms with Gasteiger partial charge in [-0.2, -0.15) is 0 Å². The monoisotopic (exact) mass is 291 g/mol. The average Bonchev–Trinajstić information content (AvgIpc) is 3.20. The van der Waals surface area contributed by atoms with Gasteiger partial charge in [0.2, 0.25) is 5.91 Å². The van der Waals surface area contributed by atoms with Gasteiger partial charge in [-0.05, 0) is 31.7 Å². The second-order valence-corrected chi connectivity index (χ2v) is 5.25. The average molecular weight is 292 g/mol. The van der Waals surface area contributed by atoms with Gasteiger partial charge in [-0.1, -0.05) is 0 Å². The molecular weight excluding hydrogens is 266 g/mol. The van der Waals surface area contributed by atoms with Gasteiger partial charge in [-0.25, -0.2) is 0 Å². The van der Waals surface area contributed by atoms with Gasteiger partial charge < -0.3 is 20.3 Å². The molecule has 0 aromatic carbocycles. The van der Waals surface area contributed by atoms with Gasteiger partial charge in [0.15, 0.2) is 0 Å². The highest BCUT2D eigenvalue weighted by Crippen LogP contribution is 2.28. The summed E-state index contributed by atoms with van der Waals surface area (Å²) >= 11 is 0. The summed E-state index contributed by atoms with van der Waals surface area (Å²) in [6.45, 7) is 7.23. The van der Waals surface area contributed by atoms with E-state index in [9.17, 15) is 4.79 Å². The third-order valence-corrected chi connectivity index (χ3v) is 3.47. The van der Waals surface area contributed by atoms with Crippen molar-refractivity contribution in [2.24, 2.45) is 5.92 Å². The van der Waals surface area contributed by atoms with E-state index in [0.29, 0.717) is 0 Å². The molecule has 0 spiro atoms. The number of halogens is 1. The molecule has 112 valence electrons. The van der Waals surface area contributed by atoms with Crippen LogP contribution < -0.4 is 10.6 Å². The first-order valence-corrected chi connectivity index (χ1v) is 7.12. The van der Waals surface area contributed by atoms with Crippen molar-refractivity contribution in [3.8, 4) is 0 Å². The second kappa shape index (κ2) is 9.53. The number of carbonyl (C=O) groups excluding carboxylic acids is 1. The molecule has 0 bridgehead atoms. The zero-order valence-corrected chi connectivity index (χ0v) is 12.3. The summed E-state index contributed by atoms with van der Waals surface area (Å²) in [6, 6.07) is 0. The van der Waals surface area contributed by atoms with E-state index in [1.165, 1.54) is 12.8 Å². The number of nitrogens with one attached hydrogen (secondary N) is 2. The Morgan fingerprint density at radius 2 is 2.05 bits per heavy atom. The molecule has 2 fully saturated rings. The molecule has 1 aliphatic heterocycles. The minimum Gasteiger partial charge on any atom is -0.371 e.